The summed E-state index contributed by atoms with van der Waals surface area (Å²) in [5, 5.41) is 6.47. The fourth-order valence-corrected chi connectivity index (χ4v) is 18.0. The van der Waals surface area contributed by atoms with E-state index in [1.165, 1.54) is 19.6 Å². The van der Waals surface area contributed by atoms with Gasteiger partial charge in [0.2, 0.25) is 0 Å². The first-order valence-electron chi connectivity index (χ1n) is 6.21. The summed E-state index contributed by atoms with van der Waals surface area (Å²) in [4.78, 5) is 6.14. The molecule has 7 rings (SSSR count). The van der Waals surface area contributed by atoms with Crippen LogP contribution in [-0.4, -0.2) is 0 Å². The summed E-state index contributed by atoms with van der Waals surface area (Å²) in [6, 6.07) is 9.48. The first-order valence-corrected chi connectivity index (χ1v) is 14.0. The maximum atomic E-state index is 2.37. The van der Waals surface area contributed by atoms with Crippen LogP contribution in [0.15, 0.2) is 43.8 Å². The van der Waals surface area contributed by atoms with Crippen molar-refractivity contribution < 1.29 is 0 Å². The van der Waals surface area contributed by atoms with Crippen molar-refractivity contribution in [2.24, 2.45) is 0 Å². The average Bonchev–Trinajstić information content (AvgIpc) is 3.13. The van der Waals surface area contributed by atoms with Crippen molar-refractivity contribution in [3.05, 3.63) is 33.3 Å². The monoisotopic (exact) mass is 364 g/mol. The van der Waals surface area contributed by atoms with Crippen LogP contribution in [0.5, 0.6) is 0 Å². The van der Waals surface area contributed by atoms with Crippen molar-refractivity contribution in [3.63, 3.8) is 0 Å². The summed E-state index contributed by atoms with van der Waals surface area (Å²) in [5.74, 6) is 0. The Labute approximate surface area is 133 Å². The van der Waals surface area contributed by atoms with Crippen LogP contribution in [0.2, 0.25) is 0 Å². The van der Waals surface area contributed by atoms with Crippen molar-refractivity contribution >= 4 is 81.8 Å². The highest BCUT2D eigenvalue weighted by Gasteiger charge is 2.34. The lowest BCUT2D eigenvalue weighted by atomic mass is 10.0. The highest BCUT2D eigenvalue weighted by molar-refractivity contribution is 9.14. The molecule has 4 aliphatic rings. The maximum Gasteiger partial charge on any atom is 0.0368 e. The number of rotatable bonds is 0. The van der Waals surface area contributed by atoms with Crippen molar-refractivity contribution in [1.29, 1.82) is 0 Å². The van der Waals surface area contributed by atoms with E-state index in [0.717, 1.165) is 0 Å². The highest BCUT2D eigenvalue weighted by atomic mass is 33.5. The van der Waals surface area contributed by atoms with Crippen LogP contribution >= 0.6 is 60.3 Å². The van der Waals surface area contributed by atoms with Gasteiger partial charge in [0, 0.05) is 50.1 Å². The van der Waals surface area contributed by atoms with E-state index < -0.39 is 0 Å². The van der Waals surface area contributed by atoms with E-state index in [9.17, 15) is 0 Å². The Balaban J connectivity index is 2.07. The molecule has 4 aliphatic heterocycles. The molecule has 0 nitrogen and oxygen atoms in total. The SMILES string of the molecule is c1cc2c3c4c5c(ccc6c5c5c3c1SS=5S6)SS=4S2. The van der Waals surface area contributed by atoms with Crippen molar-refractivity contribution in [1.82, 2.24) is 0 Å². The standard InChI is InChI=1S/C14H4S6/c1-2-6-10-9-5(1)15-19-13(9)11-7(17-19)3-4-8-12(11)14(10)20(16-6)18-8/h1-4H. The van der Waals surface area contributed by atoms with Gasteiger partial charge in [0.1, 0.15) is 0 Å². The zero-order valence-electron chi connectivity index (χ0n) is 9.76. The Bertz CT molecular complexity index is 1010. The summed E-state index contributed by atoms with van der Waals surface area (Å²) in [7, 11) is 9.00. The zero-order valence-corrected chi connectivity index (χ0v) is 14.7. The third-order valence-corrected chi connectivity index (χ3v) is 16.7. The van der Waals surface area contributed by atoms with E-state index in [1.54, 1.807) is 30.6 Å². The van der Waals surface area contributed by atoms with E-state index in [-0.39, 0.29) is 0 Å². The minimum atomic E-state index is 0.306. The zero-order chi connectivity index (χ0) is 12.6. The molecular weight excluding hydrogens is 361 g/mol. The van der Waals surface area contributed by atoms with E-state index >= 15 is 0 Å². The summed E-state index contributed by atoms with van der Waals surface area (Å²) in [6.45, 7) is 0. The van der Waals surface area contributed by atoms with Gasteiger partial charge in [-0.05, 0) is 24.3 Å². The van der Waals surface area contributed by atoms with Gasteiger partial charge >= 0.3 is 0 Å². The molecule has 0 atom stereocenters. The average molecular weight is 365 g/mol. The number of hydrogen-bond donors (Lipinski definition) is 0. The molecule has 0 unspecified atom stereocenters. The minimum absolute atomic E-state index is 0.306. The molecule has 3 aromatic carbocycles. The Hall–Kier alpha value is 0.280. The van der Waals surface area contributed by atoms with Crippen LogP contribution in [0.3, 0.4) is 0 Å². The molecule has 20 heavy (non-hydrogen) atoms. The molecule has 0 spiro atoms. The fraction of sp³-hybridized carbons (Fsp3) is 0. The van der Waals surface area contributed by atoms with Gasteiger partial charge in [-0.1, -0.05) is 60.3 Å². The van der Waals surface area contributed by atoms with E-state index in [4.69, 9.17) is 0 Å². The molecule has 96 valence electrons. The first kappa shape index (κ1) is 10.9. The smallest absolute Gasteiger partial charge is 0.0368 e. The number of benzene rings is 3. The van der Waals surface area contributed by atoms with Gasteiger partial charge in [0.15, 0.2) is 0 Å². The van der Waals surface area contributed by atoms with Gasteiger partial charge in [-0.15, -0.1) is 0 Å². The minimum Gasteiger partial charge on any atom is -0.0518 e. The highest BCUT2D eigenvalue weighted by Crippen LogP contribution is 2.72. The van der Waals surface area contributed by atoms with Gasteiger partial charge in [0.25, 0.3) is 0 Å². The molecule has 0 N–H and O–H groups in total. The molecule has 0 aliphatic carbocycles. The molecule has 0 bridgehead atoms. The van der Waals surface area contributed by atoms with E-state index in [0.29, 0.717) is 17.1 Å². The molecule has 3 aromatic rings. The van der Waals surface area contributed by atoms with Crippen LogP contribution in [0.1, 0.15) is 0 Å². The second-order valence-corrected chi connectivity index (χ2v) is 16.5. The third kappa shape index (κ3) is 0.989. The summed E-state index contributed by atoms with van der Waals surface area (Å²) < 4.78 is 3.35. The second kappa shape index (κ2) is 3.29. The quantitative estimate of drug-likeness (QED) is 0.236. The molecule has 6 heteroatoms. The van der Waals surface area contributed by atoms with Crippen LogP contribution in [0.25, 0.3) is 21.5 Å². The van der Waals surface area contributed by atoms with Crippen molar-refractivity contribution in [2.45, 2.75) is 19.6 Å². The van der Waals surface area contributed by atoms with Gasteiger partial charge in [-0.3, -0.25) is 0 Å². The normalized spacial score (nSPS) is 20.8. The predicted octanol–water partition coefficient (Wildman–Crippen LogP) is 7.12. The van der Waals surface area contributed by atoms with Gasteiger partial charge < -0.3 is 0 Å². The Kier molecular flexibility index (Phi) is 1.79. The fourth-order valence-electron chi connectivity index (χ4n) is 3.42. The van der Waals surface area contributed by atoms with Gasteiger partial charge in [-0.2, -0.15) is 0 Å². The molecular formula is C14H4S6. The molecule has 0 radical (unpaired) electrons. The van der Waals surface area contributed by atoms with Gasteiger partial charge in [0.05, 0.1) is 0 Å². The molecule has 0 aromatic heterocycles. The summed E-state index contributed by atoms with van der Waals surface area (Å²) >= 11 is 0. The second-order valence-electron chi connectivity index (χ2n) is 5.08. The first-order chi connectivity index (χ1) is 9.90. The topological polar surface area (TPSA) is 0 Å². The lowest BCUT2D eigenvalue weighted by molar-refractivity contribution is 1.43. The van der Waals surface area contributed by atoms with Crippen LogP contribution in [0.4, 0.5) is 0 Å². The van der Waals surface area contributed by atoms with Crippen LogP contribution in [0, 0.1) is 9.02 Å². The Morgan fingerprint density at radius 2 is 0.800 bits per heavy atom. The summed E-state index contributed by atoms with van der Waals surface area (Å²) in [5.41, 5.74) is 0. The summed E-state index contributed by atoms with van der Waals surface area (Å²) in [6.07, 6.45) is 0. The molecule has 0 saturated heterocycles. The van der Waals surface area contributed by atoms with Crippen LogP contribution in [-0.2, 0) is 0 Å². The lowest BCUT2D eigenvalue weighted by Crippen LogP contribution is -1.84. The van der Waals surface area contributed by atoms with Gasteiger partial charge in [-0.25, -0.2) is 0 Å². The number of hydrogen-bond acceptors (Lipinski definition) is 4. The molecule has 0 fully saturated rings. The van der Waals surface area contributed by atoms with Crippen molar-refractivity contribution in [2.75, 3.05) is 0 Å². The third-order valence-electron chi connectivity index (χ3n) is 4.16. The van der Waals surface area contributed by atoms with E-state index in [2.05, 4.69) is 67.4 Å². The lowest BCUT2D eigenvalue weighted by Gasteiger charge is -2.09. The molecule has 4 heterocycles. The molecule has 0 amide bonds. The molecule has 0 saturated carbocycles. The maximum absolute atomic E-state index is 2.37. The Morgan fingerprint density at radius 3 is 1.10 bits per heavy atom. The van der Waals surface area contributed by atoms with E-state index in [1.807, 2.05) is 0 Å². The van der Waals surface area contributed by atoms with Crippen LogP contribution < -0.4 is 0 Å². The predicted molar refractivity (Wildman–Crippen MR) is 97.7 cm³/mol. The largest absolute Gasteiger partial charge is 0.0518 e. The van der Waals surface area contributed by atoms with Crippen molar-refractivity contribution in [3.8, 4) is 0 Å². The Morgan fingerprint density at radius 1 is 0.500 bits per heavy atom.